The van der Waals surface area contributed by atoms with E-state index >= 15 is 0 Å². The van der Waals surface area contributed by atoms with Crippen LogP contribution in [0.1, 0.15) is 38.3 Å². The van der Waals surface area contributed by atoms with Crippen LogP contribution in [0.2, 0.25) is 0 Å². The zero-order chi connectivity index (χ0) is 14.8. The van der Waals surface area contributed by atoms with Gasteiger partial charge in [-0.2, -0.15) is 0 Å². The Balaban J connectivity index is 1.56. The van der Waals surface area contributed by atoms with E-state index in [1.807, 2.05) is 12.1 Å². The van der Waals surface area contributed by atoms with Gasteiger partial charge in [0.1, 0.15) is 0 Å². The van der Waals surface area contributed by atoms with Crippen molar-refractivity contribution < 1.29 is 9.47 Å². The summed E-state index contributed by atoms with van der Waals surface area (Å²) in [6, 6.07) is 6.07. The van der Waals surface area contributed by atoms with Crippen molar-refractivity contribution in [2.75, 3.05) is 26.4 Å². The number of likely N-dealkylation sites (tertiary alicyclic amines) is 1. The van der Waals surface area contributed by atoms with Gasteiger partial charge in [0.2, 0.25) is 6.79 Å². The molecule has 0 amide bonds. The van der Waals surface area contributed by atoms with Gasteiger partial charge in [0.05, 0.1) is 0 Å². The molecular formula is C17H26N2O2. The number of nitrogens with two attached hydrogens (primary N) is 1. The van der Waals surface area contributed by atoms with E-state index in [4.69, 9.17) is 15.2 Å². The van der Waals surface area contributed by atoms with E-state index in [0.717, 1.165) is 35.4 Å². The molecule has 0 saturated carbocycles. The average Bonchev–Trinajstić information content (AvgIpc) is 2.95. The molecular weight excluding hydrogens is 264 g/mol. The third-order valence-corrected chi connectivity index (χ3v) is 4.85. The Hall–Kier alpha value is -1.26. The van der Waals surface area contributed by atoms with Crippen LogP contribution in [0.15, 0.2) is 18.2 Å². The highest BCUT2D eigenvalue weighted by atomic mass is 16.7. The minimum atomic E-state index is 0.0371. The number of hydrogen-bond donors (Lipinski definition) is 1. The summed E-state index contributed by atoms with van der Waals surface area (Å²) in [6.07, 6.45) is 2.59. The van der Waals surface area contributed by atoms with Gasteiger partial charge in [0.25, 0.3) is 0 Å². The molecule has 0 radical (unpaired) electrons. The Morgan fingerprint density at radius 2 is 1.90 bits per heavy atom. The largest absolute Gasteiger partial charge is 0.454 e. The molecule has 0 spiro atoms. The third kappa shape index (κ3) is 3.33. The Labute approximate surface area is 127 Å². The molecule has 2 heterocycles. The standard InChI is InChI=1S/C17H26N2O2/c1-12(2)13-5-7-19(8-6-13)10-15(18)14-3-4-16-17(9-14)21-11-20-16/h3-4,9,12-13,15H,5-8,10-11,18H2,1-2H3. The first-order valence-electron chi connectivity index (χ1n) is 8.01. The van der Waals surface area contributed by atoms with Gasteiger partial charge in [0, 0.05) is 12.6 Å². The van der Waals surface area contributed by atoms with Crippen LogP contribution in [0.3, 0.4) is 0 Å². The Bertz CT molecular complexity index is 482. The lowest BCUT2D eigenvalue weighted by Gasteiger charge is -2.35. The maximum atomic E-state index is 6.38. The molecule has 3 rings (SSSR count). The summed E-state index contributed by atoms with van der Waals surface area (Å²) in [6.45, 7) is 8.24. The summed E-state index contributed by atoms with van der Waals surface area (Å²) in [5.41, 5.74) is 7.51. The molecule has 4 heteroatoms. The predicted octanol–water partition coefficient (Wildman–Crippen LogP) is 2.78. The number of hydrogen-bond acceptors (Lipinski definition) is 4. The SMILES string of the molecule is CC(C)C1CCN(CC(N)c2ccc3c(c2)OCO3)CC1. The highest BCUT2D eigenvalue weighted by Crippen LogP contribution is 2.34. The van der Waals surface area contributed by atoms with Crippen molar-refractivity contribution in [2.45, 2.75) is 32.7 Å². The molecule has 21 heavy (non-hydrogen) atoms. The zero-order valence-electron chi connectivity index (χ0n) is 13.0. The first kappa shape index (κ1) is 14.7. The van der Waals surface area contributed by atoms with E-state index in [-0.39, 0.29) is 6.04 Å². The first-order valence-corrected chi connectivity index (χ1v) is 8.01. The van der Waals surface area contributed by atoms with Gasteiger partial charge < -0.3 is 20.1 Å². The summed E-state index contributed by atoms with van der Waals surface area (Å²) in [7, 11) is 0. The van der Waals surface area contributed by atoms with Crippen LogP contribution in [0.5, 0.6) is 11.5 Å². The molecule has 2 aliphatic heterocycles. The Morgan fingerprint density at radius 1 is 1.19 bits per heavy atom. The van der Waals surface area contributed by atoms with Gasteiger partial charge in [-0.25, -0.2) is 0 Å². The van der Waals surface area contributed by atoms with Gasteiger partial charge in [-0.15, -0.1) is 0 Å². The van der Waals surface area contributed by atoms with Crippen molar-refractivity contribution in [3.05, 3.63) is 23.8 Å². The molecule has 1 unspecified atom stereocenters. The van der Waals surface area contributed by atoms with Gasteiger partial charge in [-0.3, -0.25) is 0 Å². The third-order valence-electron chi connectivity index (χ3n) is 4.85. The normalized spacial score (nSPS) is 21.0. The topological polar surface area (TPSA) is 47.7 Å². The molecule has 1 aromatic carbocycles. The van der Waals surface area contributed by atoms with Crippen molar-refractivity contribution in [1.82, 2.24) is 4.90 Å². The lowest BCUT2D eigenvalue weighted by Crippen LogP contribution is -2.39. The molecule has 2 N–H and O–H groups in total. The number of rotatable bonds is 4. The number of ether oxygens (including phenoxy) is 2. The number of piperidine rings is 1. The van der Waals surface area contributed by atoms with E-state index in [2.05, 4.69) is 24.8 Å². The van der Waals surface area contributed by atoms with Crippen LogP contribution in [-0.4, -0.2) is 31.3 Å². The average molecular weight is 290 g/mol. The minimum Gasteiger partial charge on any atom is -0.454 e. The Kier molecular flexibility index (Phi) is 4.36. The molecule has 2 aliphatic rings. The van der Waals surface area contributed by atoms with E-state index in [9.17, 15) is 0 Å². The van der Waals surface area contributed by atoms with Gasteiger partial charge >= 0.3 is 0 Å². The highest BCUT2D eigenvalue weighted by molar-refractivity contribution is 5.45. The zero-order valence-corrected chi connectivity index (χ0v) is 13.0. The molecule has 0 bridgehead atoms. The number of benzene rings is 1. The summed E-state index contributed by atoms with van der Waals surface area (Å²) in [5.74, 6) is 3.32. The van der Waals surface area contributed by atoms with E-state index in [1.54, 1.807) is 0 Å². The smallest absolute Gasteiger partial charge is 0.231 e. The molecule has 4 nitrogen and oxygen atoms in total. The van der Waals surface area contributed by atoms with E-state index in [1.165, 1.54) is 25.9 Å². The quantitative estimate of drug-likeness (QED) is 0.926. The fourth-order valence-corrected chi connectivity index (χ4v) is 3.33. The van der Waals surface area contributed by atoms with Crippen LogP contribution >= 0.6 is 0 Å². The summed E-state index contributed by atoms with van der Waals surface area (Å²) in [5, 5.41) is 0. The predicted molar refractivity (Wildman–Crippen MR) is 83.5 cm³/mol. The fraction of sp³-hybridized carbons (Fsp3) is 0.647. The molecule has 116 valence electrons. The monoisotopic (exact) mass is 290 g/mol. The van der Waals surface area contributed by atoms with Gasteiger partial charge in [0.15, 0.2) is 11.5 Å². The van der Waals surface area contributed by atoms with Crippen LogP contribution in [0.4, 0.5) is 0 Å². The van der Waals surface area contributed by atoms with Gasteiger partial charge in [-0.05, 0) is 55.5 Å². The van der Waals surface area contributed by atoms with Crippen molar-refractivity contribution in [2.24, 2.45) is 17.6 Å². The van der Waals surface area contributed by atoms with E-state index in [0.29, 0.717) is 6.79 Å². The van der Waals surface area contributed by atoms with E-state index < -0.39 is 0 Å². The summed E-state index contributed by atoms with van der Waals surface area (Å²) in [4.78, 5) is 2.49. The second-order valence-corrected chi connectivity index (χ2v) is 6.60. The second-order valence-electron chi connectivity index (χ2n) is 6.60. The minimum absolute atomic E-state index is 0.0371. The van der Waals surface area contributed by atoms with Crippen LogP contribution in [0.25, 0.3) is 0 Å². The highest BCUT2D eigenvalue weighted by Gasteiger charge is 2.23. The maximum absolute atomic E-state index is 6.38. The lowest BCUT2D eigenvalue weighted by atomic mass is 9.86. The van der Waals surface area contributed by atoms with Crippen molar-refractivity contribution in [3.8, 4) is 11.5 Å². The Morgan fingerprint density at radius 3 is 2.62 bits per heavy atom. The van der Waals surface area contributed by atoms with Crippen LogP contribution < -0.4 is 15.2 Å². The summed E-state index contributed by atoms with van der Waals surface area (Å²) >= 11 is 0. The maximum Gasteiger partial charge on any atom is 0.231 e. The van der Waals surface area contributed by atoms with Crippen molar-refractivity contribution >= 4 is 0 Å². The lowest BCUT2D eigenvalue weighted by molar-refractivity contribution is 0.151. The molecule has 0 aromatic heterocycles. The molecule has 1 fully saturated rings. The summed E-state index contributed by atoms with van der Waals surface area (Å²) < 4.78 is 10.8. The molecule has 1 atom stereocenters. The first-order chi connectivity index (χ1) is 10.1. The van der Waals surface area contributed by atoms with Crippen molar-refractivity contribution in [3.63, 3.8) is 0 Å². The fourth-order valence-electron chi connectivity index (χ4n) is 3.33. The second kappa shape index (κ2) is 6.24. The molecule has 1 aromatic rings. The molecule has 1 saturated heterocycles. The number of fused-ring (bicyclic) bond motifs is 1. The number of nitrogens with zero attached hydrogens (tertiary/aromatic N) is 1. The van der Waals surface area contributed by atoms with Gasteiger partial charge in [-0.1, -0.05) is 19.9 Å². The van der Waals surface area contributed by atoms with Crippen LogP contribution in [-0.2, 0) is 0 Å². The van der Waals surface area contributed by atoms with Crippen molar-refractivity contribution in [1.29, 1.82) is 0 Å². The van der Waals surface area contributed by atoms with Crippen LogP contribution in [0, 0.1) is 11.8 Å². The molecule has 0 aliphatic carbocycles.